The molecule has 0 atom stereocenters. The van der Waals surface area contributed by atoms with Crippen LogP contribution >= 0.6 is 27.5 Å². The fourth-order valence-corrected chi connectivity index (χ4v) is 1.70. The molecule has 1 aromatic heterocycles. The summed E-state index contributed by atoms with van der Waals surface area (Å²) in [5.41, 5.74) is 11.8. The lowest BCUT2D eigenvalue weighted by Crippen LogP contribution is -2.02. The molecule has 88 valence electrons. The average molecular weight is 315 g/mol. The summed E-state index contributed by atoms with van der Waals surface area (Å²) < 4.78 is 0.825. The molecule has 0 amide bonds. The van der Waals surface area contributed by atoms with Gasteiger partial charge in [0.25, 0.3) is 0 Å². The van der Waals surface area contributed by atoms with Crippen LogP contribution in [0.3, 0.4) is 0 Å². The number of aromatic nitrogens is 2. The van der Waals surface area contributed by atoms with E-state index in [1.807, 2.05) is 12.1 Å². The number of nitrogen functional groups attached to an aromatic ring is 2. The number of nitrogens with zero attached hydrogens (tertiary/aromatic N) is 2. The average Bonchev–Trinajstić information content (AvgIpc) is 2.22. The Kier molecular flexibility index (Phi) is 3.35. The van der Waals surface area contributed by atoms with E-state index in [0.29, 0.717) is 16.7 Å². The molecule has 0 radical (unpaired) electrons. The number of nitrogens with one attached hydrogen (secondary N) is 1. The van der Waals surface area contributed by atoms with Crippen molar-refractivity contribution in [1.82, 2.24) is 9.97 Å². The van der Waals surface area contributed by atoms with Crippen molar-refractivity contribution in [2.75, 3.05) is 16.8 Å². The lowest BCUT2D eigenvalue weighted by molar-refractivity contribution is 1.19. The Bertz CT molecular complexity index is 540. The highest BCUT2D eigenvalue weighted by molar-refractivity contribution is 9.10. The van der Waals surface area contributed by atoms with E-state index in [-0.39, 0.29) is 5.95 Å². The first-order valence-corrected chi connectivity index (χ1v) is 5.84. The van der Waals surface area contributed by atoms with Gasteiger partial charge in [-0.25, -0.2) is 0 Å². The molecule has 0 aliphatic heterocycles. The van der Waals surface area contributed by atoms with Gasteiger partial charge < -0.3 is 16.8 Å². The number of hydrogen-bond donors (Lipinski definition) is 3. The lowest BCUT2D eigenvalue weighted by Gasteiger charge is -2.07. The standard InChI is InChI=1S/C10H9BrClN5/c11-6-2-1-5(3-7(6)12)15-9-4-8(13)16-10(14)17-9/h1-4H,(H5,13,14,15,16,17). The first-order chi connectivity index (χ1) is 8.04. The molecule has 2 aromatic rings. The van der Waals surface area contributed by atoms with Crippen LogP contribution in [-0.2, 0) is 0 Å². The van der Waals surface area contributed by atoms with Crippen molar-refractivity contribution in [3.05, 3.63) is 33.8 Å². The molecule has 0 aliphatic rings. The lowest BCUT2D eigenvalue weighted by atomic mass is 10.3. The number of benzene rings is 1. The first-order valence-electron chi connectivity index (χ1n) is 4.67. The van der Waals surface area contributed by atoms with E-state index in [9.17, 15) is 0 Å². The maximum absolute atomic E-state index is 5.97. The Hall–Kier alpha value is -1.53. The third-order valence-electron chi connectivity index (χ3n) is 1.96. The molecule has 1 aromatic carbocycles. The van der Waals surface area contributed by atoms with Crippen molar-refractivity contribution in [2.24, 2.45) is 0 Å². The highest BCUT2D eigenvalue weighted by Crippen LogP contribution is 2.27. The molecule has 0 aliphatic carbocycles. The molecule has 0 spiro atoms. The zero-order chi connectivity index (χ0) is 12.4. The maximum Gasteiger partial charge on any atom is 0.223 e. The van der Waals surface area contributed by atoms with Gasteiger partial charge in [-0.05, 0) is 34.1 Å². The van der Waals surface area contributed by atoms with Gasteiger partial charge in [0.05, 0.1) is 5.02 Å². The zero-order valence-corrected chi connectivity index (χ0v) is 11.0. The summed E-state index contributed by atoms with van der Waals surface area (Å²) in [6.45, 7) is 0. The van der Waals surface area contributed by atoms with Gasteiger partial charge in [0.15, 0.2) is 0 Å². The quantitative estimate of drug-likeness (QED) is 0.793. The van der Waals surface area contributed by atoms with Crippen molar-refractivity contribution in [2.45, 2.75) is 0 Å². The van der Waals surface area contributed by atoms with Gasteiger partial charge in [-0.1, -0.05) is 11.6 Å². The molecule has 0 fully saturated rings. The van der Waals surface area contributed by atoms with Crippen LogP contribution in [0.2, 0.25) is 5.02 Å². The van der Waals surface area contributed by atoms with Crippen molar-refractivity contribution in [3.63, 3.8) is 0 Å². The van der Waals surface area contributed by atoms with Gasteiger partial charge in [0.1, 0.15) is 11.6 Å². The van der Waals surface area contributed by atoms with E-state index in [2.05, 4.69) is 31.2 Å². The van der Waals surface area contributed by atoms with E-state index in [1.54, 1.807) is 12.1 Å². The number of nitrogens with two attached hydrogens (primary N) is 2. The van der Waals surface area contributed by atoms with Gasteiger partial charge in [0.2, 0.25) is 5.95 Å². The van der Waals surface area contributed by atoms with Crippen molar-refractivity contribution >= 4 is 50.8 Å². The molecule has 0 saturated carbocycles. The van der Waals surface area contributed by atoms with Crippen LogP contribution in [0, 0.1) is 0 Å². The van der Waals surface area contributed by atoms with Crippen LogP contribution < -0.4 is 16.8 Å². The summed E-state index contributed by atoms with van der Waals surface area (Å²) in [5.74, 6) is 0.951. The predicted octanol–water partition coefficient (Wildman–Crippen LogP) is 2.80. The van der Waals surface area contributed by atoms with E-state index >= 15 is 0 Å². The molecule has 5 N–H and O–H groups in total. The van der Waals surface area contributed by atoms with E-state index in [4.69, 9.17) is 23.1 Å². The third-order valence-corrected chi connectivity index (χ3v) is 3.19. The van der Waals surface area contributed by atoms with Crippen LogP contribution in [0.4, 0.5) is 23.3 Å². The van der Waals surface area contributed by atoms with Crippen LogP contribution in [0.25, 0.3) is 0 Å². The summed E-state index contributed by atoms with van der Waals surface area (Å²) in [7, 11) is 0. The minimum absolute atomic E-state index is 0.121. The van der Waals surface area contributed by atoms with Crippen molar-refractivity contribution in [1.29, 1.82) is 0 Å². The van der Waals surface area contributed by atoms with Gasteiger partial charge >= 0.3 is 0 Å². The Balaban J connectivity index is 2.28. The van der Waals surface area contributed by atoms with E-state index < -0.39 is 0 Å². The molecule has 0 bridgehead atoms. The molecule has 7 heteroatoms. The minimum atomic E-state index is 0.121. The van der Waals surface area contributed by atoms with Gasteiger partial charge in [0, 0.05) is 16.2 Å². The largest absolute Gasteiger partial charge is 0.383 e. The molecule has 0 saturated heterocycles. The maximum atomic E-state index is 5.97. The Morgan fingerprint density at radius 3 is 2.59 bits per heavy atom. The van der Waals surface area contributed by atoms with Crippen LogP contribution in [0.15, 0.2) is 28.7 Å². The molecule has 2 rings (SSSR count). The van der Waals surface area contributed by atoms with Crippen molar-refractivity contribution < 1.29 is 0 Å². The normalized spacial score (nSPS) is 10.2. The fourth-order valence-electron chi connectivity index (χ4n) is 1.27. The summed E-state index contributed by atoms with van der Waals surface area (Å²) in [4.78, 5) is 7.78. The third kappa shape index (κ3) is 2.98. The van der Waals surface area contributed by atoms with Gasteiger partial charge in [-0.3, -0.25) is 0 Å². The monoisotopic (exact) mass is 313 g/mol. The summed E-state index contributed by atoms with van der Waals surface area (Å²) in [5, 5.41) is 3.64. The highest BCUT2D eigenvalue weighted by Gasteiger charge is 2.02. The van der Waals surface area contributed by atoms with E-state index in [0.717, 1.165) is 10.2 Å². The molecule has 17 heavy (non-hydrogen) atoms. The van der Waals surface area contributed by atoms with Crippen LogP contribution in [0.5, 0.6) is 0 Å². The number of rotatable bonds is 2. The smallest absolute Gasteiger partial charge is 0.223 e. The van der Waals surface area contributed by atoms with Crippen molar-refractivity contribution in [3.8, 4) is 0 Å². The Morgan fingerprint density at radius 2 is 1.94 bits per heavy atom. The van der Waals surface area contributed by atoms with Gasteiger partial charge in [-0.15, -0.1) is 0 Å². The molecule has 1 heterocycles. The van der Waals surface area contributed by atoms with Crippen LogP contribution in [-0.4, -0.2) is 9.97 Å². The summed E-state index contributed by atoms with van der Waals surface area (Å²) in [6.07, 6.45) is 0. The SMILES string of the molecule is Nc1cc(Nc2ccc(Br)c(Cl)c2)nc(N)n1. The highest BCUT2D eigenvalue weighted by atomic mass is 79.9. The Morgan fingerprint density at radius 1 is 1.18 bits per heavy atom. The summed E-state index contributed by atoms with van der Waals surface area (Å²) in [6, 6.07) is 7.04. The zero-order valence-electron chi connectivity index (χ0n) is 8.61. The number of halogens is 2. The minimum Gasteiger partial charge on any atom is -0.383 e. The molecular formula is C10H9BrClN5. The van der Waals surface area contributed by atoms with Gasteiger partial charge in [-0.2, -0.15) is 9.97 Å². The second kappa shape index (κ2) is 4.77. The molecular weight excluding hydrogens is 306 g/mol. The molecule has 0 unspecified atom stereocenters. The fraction of sp³-hybridized carbons (Fsp3) is 0. The van der Waals surface area contributed by atoms with Crippen LogP contribution in [0.1, 0.15) is 0 Å². The predicted molar refractivity (Wildman–Crippen MR) is 73.3 cm³/mol. The van der Waals surface area contributed by atoms with E-state index in [1.165, 1.54) is 0 Å². The second-order valence-corrected chi connectivity index (χ2v) is 4.55. The number of hydrogen-bond acceptors (Lipinski definition) is 5. The Labute approximate surface area is 111 Å². The molecule has 5 nitrogen and oxygen atoms in total. The first kappa shape index (κ1) is 11.9. The second-order valence-electron chi connectivity index (χ2n) is 3.29. The summed E-state index contributed by atoms with van der Waals surface area (Å²) >= 11 is 9.29. The number of anilines is 4. The topological polar surface area (TPSA) is 89.8 Å².